The number of nitrogens with zero attached hydrogens (tertiary/aromatic N) is 2. The number of hydrogen-bond donors (Lipinski definition) is 1. The van der Waals surface area contributed by atoms with Crippen molar-refractivity contribution in [3.05, 3.63) is 40.4 Å². The van der Waals surface area contributed by atoms with Crippen molar-refractivity contribution in [2.24, 2.45) is 0 Å². The van der Waals surface area contributed by atoms with Gasteiger partial charge in [-0.1, -0.05) is 0 Å². The minimum absolute atomic E-state index is 0.00574. The van der Waals surface area contributed by atoms with E-state index in [-0.39, 0.29) is 17.1 Å². The van der Waals surface area contributed by atoms with Crippen molar-refractivity contribution in [1.82, 2.24) is 9.97 Å². The van der Waals surface area contributed by atoms with Gasteiger partial charge < -0.3 is 9.73 Å². The molecule has 4 nitrogen and oxygen atoms in total. The molecule has 1 unspecified atom stereocenters. The fourth-order valence-corrected chi connectivity index (χ4v) is 1.94. The van der Waals surface area contributed by atoms with E-state index in [1.54, 1.807) is 0 Å². The van der Waals surface area contributed by atoms with Gasteiger partial charge in [0, 0.05) is 5.56 Å². The van der Waals surface area contributed by atoms with Crippen LogP contribution in [0.2, 0.25) is 5.28 Å². The van der Waals surface area contributed by atoms with E-state index in [9.17, 15) is 4.39 Å². The lowest BCUT2D eigenvalue weighted by Crippen LogP contribution is -2.10. The van der Waals surface area contributed by atoms with Crippen LogP contribution in [-0.4, -0.2) is 9.97 Å². The van der Waals surface area contributed by atoms with E-state index in [2.05, 4.69) is 15.3 Å². The molecule has 2 heterocycles. The fraction of sp³-hybridized carbons (Fsp3) is 0.333. The van der Waals surface area contributed by atoms with E-state index in [0.717, 1.165) is 23.3 Å². The molecular formula is C12H13ClFN3O. The third-order valence-corrected chi connectivity index (χ3v) is 2.80. The van der Waals surface area contributed by atoms with Gasteiger partial charge in [0.2, 0.25) is 5.28 Å². The minimum atomic E-state index is -0.538. The van der Waals surface area contributed by atoms with Crippen molar-refractivity contribution in [2.75, 3.05) is 5.32 Å². The Hall–Kier alpha value is -1.62. The highest BCUT2D eigenvalue weighted by atomic mass is 35.5. The van der Waals surface area contributed by atoms with Crippen molar-refractivity contribution in [3.8, 4) is 0 Å². The fourth-order valence-electron chi connectivity index (χ4n) is 1.81. The summed E-state index contributed by atoms with van der Waals surface area (Å²) < 4.78 is 18.9. The van der Waals surface area contributed by atoms with E-state index in [4.69, 9.17) is 16.0 Å². The molecule has 96 valence electrons. The van der Waals surface area contributed by atoms with Crippen molar-refractivity contribution in [2.45, 2.75) is 26.8 Å². The smallest absolute Gasteiger partial charge is 0.224 e. The first-order valence-corrected chi connectivity index (χ1v) is 5.86. The molecule has 0 radical (unpaired) electrons. The van der Waals surface area contributed by atoms with Crippen LogP contribution in [0.1, 0.15) is 30.0 Å². The molecule has 1 atom stereocenters. The highest BCUT2D eigenvalue weighted by Crippen LogP contribution is 2.25. The summed E-state index contributed by atoms with van der Waals surface area (Å²) in [5.41, 5.74) is 0.960. The Morgan fingerprint density at radius 2 is 2.17 bits per heavy atom. The number of halogens is 2. The normalized spacial score (nSPS) is 12.5. The van der Waals surface area contributed by atoms with Crippen LogP contribution in [0, 0.1) is 19.7 Å². The van der Waals surface area contributed by atoms with Crippen molar-refractivity contribution in [3.63, 3.8) is 0 Å². The van der Waals surface area contributed by atoms with E-state index in [0.29, 0.717) is 0 Å². The Morgan fingerprint density at radius 3 is 2.78 bits per heavy atom. The SMILES string of the molecule is Cc1cc(C(C)Nc2nc(Cl)ncc2F)c(C)o1. The van der Waals surface area contributed by atoms with Crippen molar-refractivity contribution < 1.29 is 8.81 Å². The molecule has 18 heavy (non-hydrogen) atoms. The Balaban J connectivity index is 2.23. The number of nitrogens with one attached hydrogen (secondary N) is 1. The van der Waals surface area contributed by atoms with Gasteiger partial charge in [-0.25, -0.2) is 9.37 Å². The largest absolute Gasteiger partial charge is 0.466 e. The highest BCUT2D eigenvalue weighted by Gasteiger charge is 2.15. The van der Waals surface area contributed by atoms with Crippen molar-refractivity contribution in [1.29, 1.82) is 0 Å². The maximum Gasteiger partial charge on any atom is 0.224 e. The molecule has 2 rings (SSSR count). The maximum absolute atomic E-state index is 13.5. The molecule has 1 N–H and O–H groups in total. The van der Waals surface area contributed by atoms with Crippen molar-refractivity contribution >= 4 is 17.4 Å². The summed E-state index contributed by atoms with van der Waals surface area (Å²) in [6.07, 6.45) is 1.04. The lowest BCUT2D eigenvalue weighted by molar-refractivity contribution is 0.499. The average Bonchev–Trinajstić information content (AvgIpc) is 2.63. The first kappa shape index (κ1) is 12.8. The zero-order valence-corrected chi connectivity index (χ0v) is 11.0. The monoisotopic (exact) mass is 269 g/mol. The lowest BCUT2D eigenvalue weighted by atomic mass is 10.1. The van der Waals surface area contributed by atoms with Gasteiger partial charge in [0.25, 0.3) is 0 Å². The molecule has 0 amide bonds. The standard InChI is InChI=1S/C12H13ClFN3O/c1-6-4-9(8(3)18-6)7(2)16-11-10(14)5-15-12(13)17-11/h4-5,7H,1-3H3,(H,15,16,17). The summed E-state index contributed by atoms with van der Waals surface area (Å²) in [6.45, 7) is 5.63. The molecule has 6 heteroatoms. The van der Waals surface area contributed by atoms with Crippen LogP contribution in [0.25, 0.3) is 0 Å². The summed E-state index contributed by atoms with van der Waals surface area (Å²) in [4.78, 5) is 7.37. The zero-order valence-electron chi connectivity index (χ0n) is 10.3. The predicted molar refractivity (Wildman–Crippen MR) is 67.2 cm³/mol. The number of furan rings is 1. The molecule has 2 aromatic rings. The summed E-state index contributed by atoms with van der Waals surface area (Å²) >= 11 is 5.63. The van der Waals surface area contributed by atoms with Gasteiger partial charge in [0.1, 0.15) is 11.5 Å². The molecule has 0 saturated heterocycles. The third kappa shape index (κ3) is 2.61. The second-order valence-electron chi connectivity index (χ2n) is 4.07. The van der Waals surface area contributed by atoms with Gasteiger partial charge in [-0.15, -0.1) is 0 Å². The molecule has 0 aliphatic rings. The van der Waals surface area contributed by atoms with E-state index in [1.165, 1.54) is 0 Å². The maximum atomic E-state index is 13.5. The third-order valence-electron chi connectivity index (χ3n) is 2.61. The highest BCUT2D eigenvalue weighted by molar-refractivity contribution is 6.28. The Morgan fingerprint density at radius 1 is 1.44 bits per heavy atom. The van der Waals surface area contributed by atoms with E-state index >= 15 is 0 Å². The minimum Gasteiger partial charge on any atom is -0.466 e. The Kier molecular flexibility index (Phi) is 3.52. The van der Waals surface area contributed by atoms with E-state index in [1.807, 2.05) is 26.8 Å². The molecule has 0 aromatic carbocycles. The number of aromatic nitrogens is 2. The quantitative estimate of drug-likeness (QED) is 0.864. The molecule has 2 aromatic heterocycles. The van der Waals surface area contributed by atoms with Gasteiger partial charge in [-0.3, -0.25) is 0 Å². The van der Waals surface area contributed by atoms with Crippen LogP contribution in [0.4, 0.5) is 10.2 Å². The van der Waals surface area contributed by atoms with Crippen LogP contribution < -0.4 is 5.32 Å². The van der Waals surface area contributed by atoms with Crippen LogP contribution in [0.3, 0.4) is 0 Å². The van der Waals surface area contributed by atoms with Gasteiger partial charge in [0.05, 0.1) is 12.2 Å². The zero-order chi connectivity index (χ0) is 13.3. The van der Waals surface area contributed by atoms with Gasteiger partial charge in [-0.05, 0) is 38.4 Å². The number of hydrogen-bond acceptors (Lipinski definition) is 4. The summed E-state index contributed by atoms with van der Waals surface area (Å²) in [5.74, 6) is 1.16. The Labute approximate surface area is 109 Å². The van der Waals surface area contributed by atoms with Crippen LogP contribution in [0.5, 0.6) is 0 Å². The number of aryl methyl sites for hydroxylation is 2. The van der Waals surface area contributed by atoms with Gasteiger partial charge in [0.15, 0.2) is 11.6 Å². The molecule has 0 spiro atoms. The van der Waals surface area contributed by atoms with Gasteiger partial charge in [-0.2, -0.15) is 4.98 Å². The molecule has 0 aliphatic heterocycles. The molecule has 0 fully saturated rings. The molecule has 0 bridgehead atoms. The molecule has 0 aliphatic carbocycles. The van der Waals surface area contributed by atoms with E-state index < -0.39 is 5.82 Å². The summed E-state index contributed by atoms with van der Waals surface area (Å²) in [5, 5.41) is 2.96. The van der Waals surface area contributed by atoms with Crippen LogP contribution >= 0.6 is 11.6 Å². The first-order chi connectivity index (χ1) is 8.47. The predicted octanol–water partition coefficient (Wildman–Crippen LogP) is 3.65. The molecule has 0 saturated carbocycles. The topological polar surface area (TPSA) is 51.0 Å². The van der Waals surface area contributed by atoms with Crippen LogP contribution in [-0.2, 0) is 0 Å². The molecular weight excluding hydrogens is 257 g/mol. The van der Waals surface area contributed by atoms with Gasteiger partial charge >= 0.3 is 0 Å². The number of rotatable bonds is 3. The second kappa shape index (κ2) is 4.94. The summed E-state index contributed by atoms with van der Waals surface area (Å²) in [6, 6.07) is 1.77. The summed E-state index contributed by atoms with van der Waals surface area (Å²) in [7, 11) is 0. The second-order valence-corrected chi connectivity index (χ2v) is 4.41. The first-order valence-electron chi connectivity index (χ1n) is 5.49. The lowest BCUT2D eigenvalue weighted by Gasteiger charge is -2.14. The number of anilines is 1. The average molecular weight is 270 g/mol. The Bertz CT molecular complexity index is 570. The van der Waals surface area contributed by atoms with Crippen LogP contribution in [0.15, 0.2) is 16.7 Å².